The number of nitrogens with zero attached hydrogens (tertiary/aromatic N) is 4. The largest absolute Gasteiger partial charge is 1.00 e. The number of carbonyl (C=O) groups is 7. The van der Waals surface area contributed by atoms with Crippen LogP contribution >= 0.6 is 0 Å². The fraction of sp³-hybridized carbons (Fsp3) is 0.424. The molecule has 3 aliphatic carbocycles. The van der Waals surface area contributed by atoms with E-state index in [9.17, 15) is 39.0 Å². The van der Waals surface area contributed by atoms with E-state index >= 15 is 0 Å². The summed E-state index contributed by atoms with van der Waals surface area (Å²) < 4.78 is 39.9. The maximum atomic E-state index is 13.1. The zero-order valence-electron chi connectivity index (χ0n) is 66.2. The molecule has 576 valence electrons. The Morgan fingerprint density at radius 3 is 1.01 bits per heavy atom. The van der Waals surface area contributed by atoms with Crippen molar-refractivity contribution in [1.82, 2.24) is 19.6 Å². The van der Waals surface area contributed by atoms with Gasteiger partial charge in [0.15, 0.2) is 11.6 Å². The first kappa shape index (κ1) is 93.2. The van der Waals surface area contributed by atoms with Gasteiger partial charge >= 0.3 is 103 Å². The van der Waals surface area contributed by atoms with Gasteiger partial charge in [-0.1, -0.05) is 157 Å². The fourth-order valence-corrected chi connectivity index (χ4v) is 12.8. The first-order valence-corrected chi connectivity index (χ1v) is 36.2. The van der Waals surface area contributed by atoms with Crippen molar-refractivity contribution >= 4 is 41.7 Å². The zero-order valence-corrected chi connectivity index (χ0v) is 71.4. The maximum absolute atomic E-state index is 13.1. The summed E-state index contributed by atoms with van der Waals surface area (Å²) in [5.74, 6) is 0.408. The Bertz CT molecular complexity index is 3850. The molecule has 2 atom stereocenters. The number of amides is 4. The van der Waals surface area contributed by atoms with Crippen LogP contribution in [0.15, 0.2) is 188 Å². The molecule has 0 bridgehead atoms. The van der Waals surface area contributed by atoms with Gasteiger partial charge in [-0.3, -0.25) is 33.6 Å². The topological polar surface area (TPSA) is 270 Å². The summed E-state index contributed by atoms with van der Waals surface area (Å²) in [5, 5.41) is 31.2. The first-order chi connectivity index (χ1) is 51.3. The number of ether oxygens (including phenoxy) is 7. The molecular weight excluding hydrogens is 1440 g/mol. The summed E-state index contributed by atoms with van der Waals surface area (Å²) in [6, 6.07) is 60.5. The number of benzene rings is 7. The molecule has 24 heteroatoms. The van der Waals surface area contributed by atoms with Crippen molar-refractivity contribution in [2.75, 3.05) is 82.8 Å². The summed E-state index contributed by atoms with van der Waals surface area (Å²) in [4.78, 5) is 89.0. The van der Waals surface area contributed by atoms with Gasteiger partial charge in [-0.15, -0.1) is 0 Å². The predicted octanol–water partition coefficient (Wildman–Crippen LogP) is 4.75. The Labute approximate surface area is 728 Å². The van der Waals surface area contributed by atoms with Crippen LogP contribution in [0.4, 0.5) is 0 Å². The third-order valence-corrected chi connectivity index (χ3v) is 19.2. The molecule has 2 aliphatic heterocycles. The molecule has 22 nitrogen and oxygen atoms in total. The fourth-order valence-electron chi connectivity index (χ4n) is 12.8. The number of hydrogen-bond acceptors (Lipinski definition) is 18. The Balaban J connectivity index is 0.000000297. The standard InChI is InChI=1S/C25H31NO5.C23H27NO4.C17H19NO2.C11H15NO.C8H12O3.CH2O3.2K.H/c1-26(2)23(27)22(24(28)12-14-25(15-13-24)30-16-17-31-25)20-8-10-21(11-9-20)29-18-19-6-4-3-5-7-19;1-24(2)22(26)21(23(27)14-12-19(25)13-15-23)18-8-10-20(11-9-18)28-16-17-6-4-3-5-7-17;1-18(2)17(19)12-14-8-10-16(11-9-14)20-13-15-6-4-3-5-7-15;1-9-4-6-10(7-5-9)8-11(13)12(2)3;9-7-1-3-8(4-2-7)10-5-6-11-8;2-1-4-3;;;/h3-11,22,28H,12-18H2,1-2H3;3-11,21,27H,12-16H2,1-2H3;3-11H,12-13H2,1-2H3;4-7H,8H2,1-3H3;1-6H2;1,3H;;;/q;;;;;;2*+1;-1/p-1. The molecule has 12 rings (SSSR count). The molecule has 0 aromatic heterocycles. The minimum absolute atomic E-state index is 0. The minimum Gasteiger partial charge on any atom is -1.00 e. The van der Waals surface area contributed by atoms with Crippen molar-refractivity contribution < 1.29 is 191 Å². The molecule has 4 amide bonds. The summed E-state index contributed by atoms with van der Waals surface area (Å²) >= 11 is 0. The molecule has 2 N–H and O–H groups in total. The number of aliphatic hydroxyl groups is 2. The molecule has 3 saturated carbocycles. The van der Waals surface area contributed by atoms with E-state index in [1.165, 1.54) is 10.5 Å². The van der Waals surface area contributed by atoms with Gasteiger partial charge in [-0.05, 0) is 108 Å². The van der Waals surface area contributed by atoms with E-state index in [0.29, 0.717) is 135 Å². The molecule has 5 aliphatic rings. The van der Waals surface area contributed by atoms with Crippen LogP contribution in [0, 0.1) is 6.92 Å². The maximum Gasteiger partial charge on any atom is 1.00 e. The van der Waals surface area contributed by atoms with Crippen molar-refractivity contribution in [3.05, 3.63) is 233 Å². The third kappa shape index (κ3) is 30.6. The average molecular weight is 1550 g/mol. The van der Waals surface area contributed by atoms with Crippen LogP contribution in [0.1, 0.15) is 135 Å². The van der Waals surface area contributed by atoms with Gasteiger partial charge in [-0.25, -0.2) is 0 Å². The second-order valence-corrected chi connectivity index (χ2v) is 28.0. The van der Waals surface area contributed by atoms with Gasteiger partial charge in [0.05, 0.1) is 62.3 Å². The minimum atomic E-state index is -1.21. The molecule has 2 saturated heterocycles. The van der Waals surface area contributed by atoms with E-state index < -0.39 is 28.8 Å². The van der Waals surface area contributed by atoms with E-state index in [2.05, 4.69) is 4.89 Å². The number of carbonyl (C=O) groups excluding carboxylic acids is 7. The van der Waals surface area contributed by atoms with Gasteiger partial charge in [-0.2, -0.15) is 0 Å². The molecule has 0 radical (unpaired) electrons. The molecule has 2 spiro atoms. The zero-order chi connectivity index (χ0) is 77.4. The van der Waals surface area contributed by atoms with Crippen molar-refractivity contribution in [3.63, 3.8) is 0 Å². The van der Waals surface area contributed by atoms with E-state index in [4.69, 9.17) is 43.2 Å². The van der Waals surface area contributed by atoms with E-state index in [0.717, 1.165) is 63.3 Å². The van der Waals surface area contributed by atoms with Crippen LogP contribution in [0.25, 0.3) is 0 Å². The molecule has 5 fully saturated rings. The first-order valence-electron chi connectivity index (χ1n) is 36.2. The Hall–Kier alpha value is -6.38. The van der Waals surface area contributed by atoms with Gasteiger partial charge in [0.2, 0.25) is 23.6 Å². The quantitative estimate of drug-likeness (QED) is 0.0451. The van der Waals surface area contributed by atoms with E-state index in [-0.39, 0.29) is 146 Å². The molecular formula is C85H106K2N4O18. The van der Waals surface area contributed by atoms with Crippen molar-refractivity contribution in [3.8, 4) is 17.2 Å². The van der Waals surface area contributed by atoms with Gasteiger partial charge in [0.1, 0.15) is 48.6 Å². The van der Waals surface area contributed by atoms with E-state index in [1.54, 1.807) is 71.1 Å². The van der Waals surface area contributed by atoms with Crippen LogP contribution < -0.4 is 122 Å². The summed E-state index contributed by atoms with van der Waals surface area (Å²) in [6.45, 7) is 5.90. The normalized spacial score (nSPS) is 16.4. The van der Waals surface area contributed by atoms with Crippen LogP contribution in [0.5, 0.6) is 17.2 Å². The molecule has 109 heavy (non-hydrogen) atoms. The number of likely N-dealkylation sites (N-methyl/N-ethyl adjacent to an activating group) is 4. The monoisotopic (exact) mass is 1550 g/mol. The number of aryl methyl sites for hydroxylation is 1. The van der Waals surface area contributed by atoms with Crippen LogP contribution in [-0.4, -0.2) is 177 Å². The number of Topliss-reactive ketones (excluding diaryl/α,β-unsaturated/α-hetero) is 2. The number of rotatable bonds is 20. The Morgan fingerprint density at radius 1 is 0.422 bits per heavy atom. The van der Waals surface area contributed by atoms with Crippen LogP contribution in [0.2, 0.25) is 0 Å². The smallest absolute Gasteiger partial charge is 1.00 e. The molecule has 2 unspecified atom stereocenters. The van der Waals surface area contributed by atoms with Gasteiger partial charge in [0.25, 0.3) is 6.47 Å². The molecule has 2 heterocycles. The van der Waals surface area contributed by atoms with Crippen molar-refractivity contribution in [2.24, 2.45) is 0 Å². The van der Waals surface area contributed by atoms with E-state index in [1.807, 2.05) is 195 Å². The average Bonchev–Trinajstić information content (AvgIpc) is 1.28. The van der Waals surface area contributed by atoms with Gasteiger partial charge in [0, 0.05) is 108 Å². The van der Waals surface area contributed by atoms with Crippen LogP contribution in [-0.2, 0) is 90.1 Å². The molecule has 7 aromatic rings. The summed E-state index contributed by atoms with van der Waals surface area (Å²) in [6.07, 6.45) is 6.98. The Kier molecular flexibility index (Phi) is 40.4. The predicted molar refractivity (Wildman–Crippen MR) is 403 cm³/mol. The third-order valence-electron chi connectivity index (χ3n) is 19.2. The number of ketones is 2. The Morgan fingerprint density at radius 2 is 0.706 bits per heavy atom. The second-order valence-electron chi connectivity index (χ2n) is 28.0. The second kappa shape index (κ2) is 47.2. The van der Waals surface area contributed by atoms with Crippen molar-refractivity contribution in [1.29, 1.82) is 0 Å². The SMILES string of the molecule is CN(C)C(=O)C(c1ccc(OCc2ccccc2)cc1)C1(O)CCC(=O)CC1.CN(C)C(=O)C(c1ccc(OCc2ccccc2)cc1)C1(O)CCC2(CC1)OCCO2.CN(C)C(=O)Cc1ccc(OCc2ccccc2)cc1.Cc1ccc(CC(=O)N(C)C)cc1.O=C1CCC2(CC1)OCCO2.O=CO[O-].[H-].[K+].[K+]. The summed E-state index contributed by atoms with van der Waals surface area (Å²) in [5.41, 5.74) is 5.78. The van der Waals surface area contributed by atoms with Gasteiger partial charge < -0.3 is 74.5 Å². The summed E-state index contributed by atoms with van der Waals surface area (Å²) in [7, 11) is 13.9. The molecule has 7 aromatic carbocycles. The number of hydrogen-bond donors (Lipinski definition) is 2. The van der Waals surface area contributed by atoms with Crippen molar-refractivity contribution in [2.45, 2.75) is 151 Å². The van der Waals surface area contributed by atoms with Crippen LogP contribution in [0.3, 0.4) is 0 Å².